The van der Waals surface area contributed by atoms with Crippen LogP contribution in [0.15, 0.2) is 22.7 Å². The van der Waals surface area contributed by atoms with Gasteiger partial charge in [-0.1, -0.05) is 29.3 Å². The van der Waals surface area contributed by atoms with Gasteiger partial charge in [-0.25, -0.2) is 0 Å². The van der Waals surface area contributed by atoms with E-state index in [9.17, 15) is 0 Å². The molecule has 0 saturated heterocycles. The van der Waals surface area contributed by atoms with Gasteiger partial charge in [-0.2, -0.15) is 0 Å². The van der Waals surface area contributed by atoms with E-state index in [1.54, 1.807) is 0 Å². The summed E-state index contributed by atoms with van der Waals surface area (Å²) in [6.45, 7) is 3.37. The van der Waals surface area contributed by atoms with Crippen LogP contribution < -0.4 is 5.32 Å². The van der Waals surface area contributed by atoms with E-state index in [-0.39, 0.29) is 0 Å². The van der Waals surface area contributed by atoms with Crippen molar-refractivity contribution in [3.63, 3.8) is 0 Å². The zero-order valence-corrected chi connectivity index (χ0v) is 16.5. The Morgan fingerprint density at radius 2 is 2.19 bits per heavy atom. The van der Waals surface area contributed by atoms with Crippen LogP contribution in [0.25, 0.3) is 0 Å². The largest absolute Gasteiger partial charge is 0.310 e. The van der Waals surface area contributed by atoms with Crippen LogP contribution in [0.2, 0.25) is 0 Å². The van der Waals surface area contributed by atoms with E-state index in [2.05, 4.69) is 69.0 Å². The van der Waals surface area contributed by atoms with Gasteiger partial charge >= 0.3 is 0 Å². The molecule has 0 aliphatic heterocycles. The molecule has 1 aromatic carbocycles. The second-order valence-corrected chi connectivity index (χ2v) is 8.94. The van der Waals surface area contributed by atoms with Crippen molar-refractivity contribution < 1.29 is 0 Å². The first kappa shape index (κ1) is 16.3. The third-order valence-electron chi connectivity index (χ3n) is 5.40. The molecule has 2 aliphatic rings. The van der Waals surface area contributed by atoms with Crippen LogP contribution in [-0.2, 0) is 0 Å². The second-order valence-electron chi connectivity index (χ2n) is 6.84. The Hall–Kier alpha value is 0.390. The highest BCUT2D eigenvalue weighted by molar-refractivity contribution is 14.1. The van der Waals surface area contributed by atoms with E-state index in [4.69, 9.17) is 0 Å². The van der Waals surface area contributed by atoms with Crippen molar-refractivity contribution in [2.45, 2.75) is 51.5 Å². The smallest absolute Gasteiger partial charge is 0.0334 e. The van der Waals surface area contributed by atoms with Crippen molar-refractivity contribution in [2.24, 2.45) is 17.8 Å². The van der Waals surface area contributed by atoms with E-state index >= 15 is 0 Å². The van der Waals surface area contributed by atoms with Crippen LogP contribution in [0.1, 0.15) is 57.1 Å². The van der Waals surface area contributed by atoms with Crippen LogP contribution in [-0.4, -0.2) is 6.54 Å². The first-order valence-electron chi connectivity index (χ1n) is 8.35. The van der Waals surface area contributed by atoms with E-state index in [1.165, 1.54) is 52.1 Å². The Morgan fingerprint density at radius 1 is 1.33 bits per heavy atom. The Balaban J connectivity index is 1.75. The number of benzene rings is 1. The summed E-state index contributed by atoms with van der Waals surface area (Å²) in [4.78, 5) is 0. The predicted molar refractivity (Wildman–Crippen MR) is 101 cm³/mol. The van der Waals surface area contributed by atoms with Gasteiger partial charge in [-0.05, 0) is 103 Å². The molecule has 2 bridgehead atoms. The van der Waals surface area contributed by atoms with Gasteiger partial charge in [-0.3, -0.25) is 0 Å². The van der Waals surface area contributed by atoms with Gasteiger partial charge in [0.1, 0.15) is 0 Å². The van der Waals surface area contributed by atoms with Gasteiger partial charge in [-0.15, -0.1) is 0 Å². The molecule has 0 radical (unpaired) electrons. The van der Waals surface area contributed by atoms with Gasteiger partial charge in [0.05, 0.1) is 0 Å². The number of fused-ring (bicyclic) bond motifs is 2. The molecule has 2 fully saturated rings. The quantitative estimate of drug-likeness (QED) is 0.518. The molecule has 1 aromatic rings. The second kappa shape index (κ2) is 7.31. The first-order chi connectivity index (χ1) is 10.2. The van der Waals surface area contributed by atoms with Crippen molar-refractivity contribution in [2.75, 3.05) is 6.54 Å². The molecule has 4 unspecified atom stereocenters. The molecular weight excluding hydrogens is 437 g/mol. The summed E-state index contributed by atoms with van der Waals surface area (Å²) in [5.74, 6) is 3.01. The summed E-state index contributed by atoms with van der Waals surface area (Å²) in [7, 11) is 0. The molecule has 2 aliphatic carbocycles. The van der Waals surface area contributed by atoms with Crippen molar-refractivity contribution >= 4 is 38.5 Å². The highest BCUT2D eigenvalue weighted by Crippen LogP contribution is 2.51. The molecule has 116 valence electrons. The lowest BCUT2D eigenvalue weighted by Crippen LogP contribution is -2.26. The minimum absolute atomic E-state index is 0.512. The van der Waals surface area contributed by atoms with E-state index < -0.39 is 0 Å². The summed E-state index contributed by atoms with van der Waals surface area (Å²) in [5, 5.41) is 3.81. The number of nitrogens with one attached hydrogen (secondary N) is 1. The van der Waals surface area contributed by atoms with Crippen molar-refractivity contribution in [1.82, 2.24) is 5.32 Å². The molecule has 0 spiro atoms. The van der Waals surface area contributed by atoms with Crippen LogP contribution in [0.5, 0.6) is 0 Å². The van der Waals surface area contributed by atoms with Gasteiger partial charge in [0.2, 0.25) is 0 Å². The molecule has 2 saturated carbocycles. The number of hydrogen-bond donors (Lipinski definition) is 1. The molecule has 3 rings (SSSR count). The lowest BCUT2D eigenvalue weighted by molar-refractivity contribution is 0.279. The average molecular weight is 462 g/mol. The minimum atomic E-state index is 0.512. The molecule has 1 N–H and O–H groups in total. The summed E-state index contributed by atoms with van der Waals surface area (Å²) in [6.07, 6.45) is 8.51. The normalized spacial score (nSPS) is 29.0. The van der Waals surface area contributed by atoms with E-state index in [0.717, 1.165) is 24.3 Å². The lowest BCUT2D eigenvalue weighted by atomic mass is 9.82. The van der Waals surface area contributed by atoms with Gasteiger partial charge < -0.3 is 5.32 Å². The van der Waals surface area contributed by atoms with Crippen LogP contribution in [0, 0.1) is 21.3 Å². The number of hydrogen-bond acceptors (Lipinski definition) is 1. The highest BCUT2D eigenvalue weighted by atomic mass is 127. The van der Waals surface area contributed by atoms with Crippen LogP contribution >= 0.6 is 38.5 Å². The van der Waals surface area contributed by atoms with Gasteiger partial charge in [0.25, 0.3) is 0 Å². The average Bonchev–Trinajstić information content (AvgIpc) is 3.08. The minimum Gasteiger partial charge on any atom is -0.310 e. The fraction of sp³-hybridized carbons (Fsp3) is 0.667. The van der Waals surface area contributed by atoms with Crippen molar-refractivity contribution in [3.8, 4) is 0 Å². The van der Waals surface area contributed by atoms with Crippen molar-refractivity contribution in [1.29, 1.82) is 0 Å². The molecule has 0 heterocycles. The number of halogens is 2. The Bertz CT molecular complexity index is 490. The first-order valence-corrected chi connectivity index (χ1v) is 10.2. The monoisotopic (exact) mass is 461 g/mol. The molecule has 0 aromatic heterocycles. The molecule has 3 heteroatoms. The third kappa shape index (κ3) is 3.84. The number of rotatable bonds is 6. The molecule has 21 heavy (non-hydrogen) atoms. The van der Waals surface area contributed by atoms with Crippen LogP contribution in [0.4, 0.5) is 0 Å². The fourth-order valence-corrected chi connectivity index (χ4v) is 5.43. The SMILES string of the molecule is CCCNC(CC1CC2CCC1C2)c1cc(I)ccc1Br. The van der Waals surface area contributed by atoms with Crippen LogP contribution in [0.3, 0.4) is 0 Å². The fourth-order valence-electron chi connectivity index (χ4n) is 4.39. The van der Waals surface area contributed by atoms with Crippen molar-refractivity contribution in [3.05, 3.63) is 31.8 Å². The summed E-state index contributed by atoms with van der Waals surface area (Å²) in [6, 6.07) is 7.25. The topological polar surface area (TPSA) is 12.0 Å². The maximum Gasteiger partial charge on any atom is 0.0334 e. The molecule has 4 atom stereocenters. The molecule has 0 amide bonds. The predicted octanol–water partition coefficient (Wildman–Crippen LogP) is 5.92. The zero-order valence-electron chi connectivity index (χ0n) is 12.7. The Labute approximate surface area is 150 Å². The summed E-state index contributed by atoms with van der Waals surface area (Å²) < 4.78 is 2.60. The van der Waals surface area contributed by atoms with E-state index in [1.807, 2.05) is 0 Å². The lowest BCUT2D eigenvalue weighted by Gasteiger charge is -2.28. The maximum atomic E-state index is 3.81. The standard InChI is InChI=1S/C18H25BrIN/c1-2-7-21-18(16-11-15(20)5-6-17(16)19)10-14-9-12-3-4-13(14)8-12/h5-6,11-14,18,21H,2-4,7-10H2,1H3. The van der Waals surface area contributed by atoms with E-state index in [0.29, 0.717) is 6.04 Å². The summed E-state index contributed by atoms with van der Waals surface area (Å²) >= 11 is 6.20. The van der Waals surface area contributed by atoms with Gasteiger partial charge in [0, 0.05) is 14.1 Å². The zero-order chi connectivity index (χ0) is 14.8. The van der Waals surface area contributed by atoms with Gasteiger partial charge in [0.15, 0.2) is 0 Å². The Kier molecular flexibility index (Phi) is 5.66. The molecule has 1 nitrogen and oxygen atoms in total. The third-order valence-corrected chi connectivity index (χ3v) is 6.79. The highest BCUT2D eigenvalue weighted by Gasteiger charge is 2.40. The maximum absolute atomic E-state index is 3.81. The summed E-state index contributed by atoms with van der Waals surface area (Å²) in [5.41, 5.74) is 1.46. The molecular formula is C18H25BrIN. The Morgan fingerprint density at radius 3 is 2.86 bits per heavy atom.